The van der Waals surface area contributed by atoms with E-state index in [0.29, 0.717) is 23.9 Å². The van der Waals surface area contributed by atoms with E-state index in [1.54, 1.807) is 0 Å². The van der Waals surface area contributed by atoms with Gasteiger partial charge in [0.15, 0.2) is 0 Å². The van der Waals surface area contributed by atoms with Gasteiger partial charge < -0.3 is 9.72 Å². The molecule has 2 nitrogen and oxygen atoms in total. The van der Waals surface area contributed by atoms with E-state index < -0.39 is 0 Å². The second-order valence-corrected chi connectivity index (χ2v) is 8.97. The van der Waals surface area contributed by atoms with Gasteiger partial charge in [0.2, 0.25) is 0 Å². The molecular formula is C25H33NO. The Labute approximate surface area is 164 Å². The normalized spacial score (nSPS) is 14.3. The van der Waals surface area contributed by atoms with Crippen molar-refractivity contribution in [1.29, 1.82) is 0 Å². The minimum absolute atomic E-state index is 0.332. The van der Waals surface area contributed by atoms with E-state index in [2.05, 4.69) is 82.1 Å². The Morgan fingerprint density at radius 3 is 2.37 bits per heavy atom. The van der Waals surface area contributed by atoms with E-state index in [1.807, 2.05) is 12.3 Å². The second kappa shape index (κ2) is 8.21. The minimum atomic E-state index is 0.332. The molecule has 3 aromatic rings. The molecule has 0 aliphatic carbocycles. The molecule has 2 atom stereocenters. The maximum Gasteiger partial charge on any atom is 0.119 e. The number of hydrogen-bond acceptors (Lipinski definition) is 1. The molecule has 2 unspecified atom stereocenters. The van der Waals surface area contributed by atoms with Crippen LogP contribution in [0.4, 0.5) is 0 Å². The predicted octanol–water partition coefficient (Wildman–Crippen LogP) is 7.31. The molecule has 0 aliphatic rings. The molecular weight excluding hydrogens is 330 g/mol. The predicted molar refractivity (Wildman–Crippen MR) is 115 cm³/mol. The molecule has 144 valence electrons. The summed E-state index contributed by atoms with van der Waals surface area (Å²) in [5.74, 6) is 2.21. The van der Waals surface area contributed by atoms with E-state index in [4.69, 9.17) is 4.74 Å². The van der Waals surface area contributed by atoms with Crippen LogP contribution in [0.25, 0.3) is 10.9 Å². The number of benzene rings is 2. The monoisotopic (exact) mass is 363 g/mol. The van der Waals surface area contributed by atoms with Gasteiger partial charge in [0, 0.05) is 22.7 Å². The summed E-state index contributed by atoms with van der Waals surface area (Å²) in [7, 11) is 0. The quantitative estimate of drug-likeness (QED) is 0.467. The molecule has 0 radical (unpaired) electrons. The van der Waals surface area contributed by atoms with Crippen LogP contribution in [0.2, 0.25) is 0 Å². The fourth-order valence-electron chi connectivity index (χ4n) is 3.82. The lowest BCUT2D eigenvalue weighted by Gasteiger charge is -2.30. The molecule has 0 bridgehead atoms. The number of ether oxygens (including phenoxy) is 1. The van der Waals surface area contributed by atoms with E-state index in [1.165, 1.54) is 29.4 Å². The summed E-state index contributed by atoms with van der Waals surface area (Å²) in [6.45, 7) is 12.3. The third-order valence-corrected chi connectivity index (χ3v) is 5.54. The molecule has 0 saturated carbocycles. The molecule has 1 aromatic heterocycles. The van der Waals surface area contributed by atoms with Crippen LogP contribution in [0, 0.1) is 11.3 Å². The highest BCUT2D eigenvalue weighted by atomic mass is 16.5. The molecule has 2 aromatic carbocycles. The number of aromatic nitrogens is 1. The van der Waals surface area contributed by atoms with Crippen LogP contribution in [-0.4, -0.2) is 4.98 Å². The van der Waals surface area contributed by atoms with Crippen molar-refractivity contribution in [3.63, 3.8) is 0 Å². The highest BCUT2D eigenvalue weighted by Crippen LogP contribution is 2.38. The number of para-hydroxylation sites is 1. The molecule has 0 fully saturated rings. The Hall–Kier alpha value is -2.22. The fraction of sp³-hybridized carbons (Fsp3) is 0.440. The Morgan fingerprint density at radius 1 is 1.00 bits per heavy atom. The number of hydrogen-bond donors (Lipinski definition) is 1. The van der Waals surface area contributed by atoms with E-state index >= 15 is 0 Å². The number of nitrogens with one attached hydrogen (secondary N) is 1. The molecule has 0 saturated heterocycles. The molecule has 27 heavy (non-hydrogen) atoms. The van der Waals surface area contributed by atoms with Gasteiger partial charge >= 0.3 is 0 Å². The Bertz CT molecular complexity index is 854. The molecule has 2 heteroatoms. The van der Waals surface area contributed by atoms with Crippen molar-refractivity contribution in [3.8, 4) is 5.75 Å². The topological polar surface area (TPSA) is 25.0 Å². The zero-order valence-corrected chi connectivity index (χ0v) is 17.4. The molecule has 0 aliphatic heterocycles. The molecule has 3 rings (SSSR count). The summed E-state index contributed by atoms with van der Waals surface area (Å²) in [6, 6.07) is 17.1. The van der Waals surface area contributed by atoms with Crippen LogP contribution in [0.1, 0.15) is 64.5 Å². The fourth-order valence-corrected chi connectivity index (χ4v) is 3.82. The van der Waals surface area contributed by atoms with Crippen LogP contribution >= 0.6 is 0 Å². The van der Waals surface area contributed by atoms with Gasteiger partial charge in [-0.25, -0.2) is 0 Å². The van der Waals surface area contributed by atoms with E-state index in [-0.39, 0.29) is 0 Å². The first-order valence-corrected chi connectivity index (χ1v) is 10.1. The Morgan fingerprint density at radius 2 is 1.70 bits per heavy atom. The maximum absolute atomic E-state index is 6.06. The molecule has 1 N–H and O–H groups in total. The molecule has 1 heterocycles. The zero-order chi connectivity index (χ0) is 19.4. The van der Waals surface area contributed by atoms with Crippen molar-refractivity contribution < 1.29 is 4.74 Å². The molecule has 0 spiro atoms. The summed E-state index contributed by atoms with van der Waals surface area (Å²) in [5.41, 5.74) is 4.11. The summed E-state index contributed by atoms with van der Waals surface area (Å²) in [6.07, 6.45) is 4.46. The standard InChI is InChI=1S/C25H33NO/c1-6-18(2)23(15-25(3,4)5)19-11-13-21(14-12-19)27-17-20-16-26-24-10-8-7-9-22(20)24/h7-14,16,18,23,26H,6,15,17H2,1-5H3. The van der Waals surface area contributed by atoms with Crippen LogP contribution in [0.3, 0.4) is 0 Å². The van der Waals surface area contributed by atoms with Gasteiger partial charge in [-0.15, -0.1) is 0 Å². The van der Waals surface area contributed by atoms with Crippen LogP contribution < -0.4 is 4.74 Å². The minimum Gasteiger partial charge on any atom is -0.489 e. The lowest BCUT2D eigenvalue weighted by molar-refractivity contribution is 0.287. The largest absolute Gasteiger partial charge is 0.489 e. The van der Waals surface area contributed by atoms with Gasteiger partial charge in [-0.3, -0.25) is 0 Å². The summed E-state index contributed by atoms with van der Waals surface area (Å²) in [5, 5.41) is 1.23. The number of rotatable bonds is 7. The van der Waals surface area contributed by atoms with Gasteiger partial charge in [0.25, 0.3) is 0 Å². The number of aromatic amines is 1. The zero-order valence-electron chi connectivity index (χ0n) is 17.4. The smallest absolute Gasteiger partial charge is 0.119 e. The first-order chi connectivity index (χ1) is 12.9. The van der Waals surface area contributed by atoms with Crippen molar-refractivity contribution in [2.24, 2.45) is 11.3 Å². The molecule has 0 amide bonds. The van der Waals surface area contributed by atoms with Crippen molar-refractivity contribution in [2.45, 2.75) is 60.0 Å². The van der Waals surface area contributed by atoms with Crippen molar-refractivity contribution in [3.05, 3.63) is 65.9 Å². The number of fused-ring (bicyclic) bond motifs is 1. The Balaban J connectivity index is 1.70. The highest BCUT2D eigenvalue weighted by Gasteiger charge is 2.24. The third kappa shape index (κ3) is 4.94. The highest BCUT2D eigenvalue weighted by molar-refractivity contribution is 5.82. The second-order valence-electron chi connectivity index (χ2n) is 8.97. The van der Waals surface area contributed by atoms with Crippen LogP contribution in [0.5, 0.6) is 5.75 Å². The average Bonchev–Trinajstić information content (AvgIpc) is 3.07. The van der Waals surface area contributed by atoms with Crippen LogP contribution in [0.15, 0.2) is 54.7 Å². The van der Waals surface area contributed by atoms with E-state index in [9.17, 15) is 0 Å². The third-order valence-electron chi connectivity index (χ3n) is 5.54. The maximum atomic E-state index is 6.06. The van der Waals surface area contributed by atoms with Crippen molar-refractivity contribution in [2.75, 3.05) is 0 Å². The average molecular weight is 364 g/mol. The van der Waals surface area contributed by atoms with E-state index in [0.717, 1.165) is 11.3 Å². The van der Waals surface area contributed by atoms with Crippen LogP contribution in [-0.2, 0) is 6.61 Å². The lowest BCUT2D eigenvalue weighted by Crippen LogP contribution is -2.17. The van der Waals surface area contributed by atoms with Crippen molar-refractivity contribution >= 4 is 10.9 Å². The van der Waals surface area contributed by atoms with Gasteiger partial charge in [-0.1, -0.05) is 71.4 Å². The van der Waals surface area contributed by atoms with Gasteiger partial charge in [-0.05, 0) is 47.4 Å². The summed E-state index contributed by atoms with van der Waals surface area (Å²) < 4.78 is 6.06. The Kier molecular flexibility index (Phi) is 5.94. The van der Waals surface area contributed by atoms with Crippen molar-refractivity contribution in [1.82, 2.24) is 4.98 Å². The number of H-pyrrole nitrogens is 1. The first-order valence-electron chi connectivity index (χ1n) is 10.1. The lowest BCUT2D eigenvalue weighted by atomic mass is 9.75. The first kappa shape index (κ1) is 19.5. The SMILES string of the molecule is CCC(C)C(CC(C)(C)C)c1ccc(OCc2c[nH]c3ccccc23)cc1. The summed E-state index contributed by atoms with van der Waals surface area (Å²) >= 11 is 0. The van der Waals surface area contributed by atoms with Gasteiger partial charge in [0.05, 0.1) is 0 Å². The van der Waals surface area contributed by atoms with Gasteiger partial charge in [0.1, 0.15) is 12.4 Å². The summed E-state index contributed by atoms with van der Waals surface area (Å²) in [4.78, 5) is 3.31. The van der Waals surface area contributed by atoms with Gasteiger partial charge in [-0.2, -0.15) is 0 Å².